The Morgan fingerprint density at radius 1 is 1.27 bits per heavy atom. The Bertz CT molecular complexity index is 291. The van der Waals surface area contributed by atoms with Crippen LogP contribution in [0.4, 0.5) is 0 Å². The highest BCUT2D eigenvalue weighted by Gasteiger charge is 2.08. The molecule has 15 heavy (non-hydrogen) atoms. The molecular weight excluding hydrogens is 192 g/mol. The SMILES string of the molecule is Cc1nnn(CCCN2CCNCC2)n1. The third-order valence-corrected chi connectivity index (χ3v) is 2.59. The lowest BCUT2D eigenvalue weighted by molar-refractivity contribution is 0.231. The van der Waals surface area contributed by atoms with Crippen LogP contribution >= 0.6 is 0 Å². The molecule has 0 aromatic carbocycles. The number of tetrazole rings is 1. The van der Waals surface area contributed by atoms with E-state index in [0.717, 1.165) is 51.5 Å². The second-order valence-electron chi connectivity index (χ2n) is 3.88. The van der Waals surface area contributed by atoms with Crippen LogP contribution in [0.1, 0.15) is 12.2 Å². The Balaban J connectivity index is 1.65. The van der Waals surface area contributed by atoms with Crippen LogP contribution in [0, 0.1) is 6.92 Å². The van der Waals surface area contributed by atoms with E-state index in [-0.39, 0.29) is 0 Å². The number of aryl methyl sites for hydroxylation is 2. The Morgan fingerprint density at radius 3 is 2.73 bits per heavy atom. The first-order chi connectivity index (χ1) is 7.34. The Morgan fingerprint density at radius 2 is 2.07 bits per heavy atom. The molecule has 6 heteroatoms. The molecule has 0 spiro atoms. The van der Waals surface area contributed by atoms with Gasteiger partial charge in [0.15, 0.2) is 5.82 Å². The van der Waals surface area contributed by atoms with E-state index in [2.05, 4.69) is 25.6 Å². The van der Waals surface area contributed by atoms with Gasteiger partial charge in [-0.15, -0.1) is 10.2 Å². The summed E-state index contributed by atoms with van der Waals surface area (Å²) in [5.74, 6) is 0.747. The highest BCUT2D eigenvalue weighted by Crippen LogP contribution is 1.95. The predicted molar refractivity (Wildman–Crippen MR) is 56.5 cm³/mol. The van der Waals surface area contributed by atoms with Crippen LogP contribution < -0.4 is 5.32 Å². The summed E-state index contributed by atoms with van der Waals surface area (Å²) in [5, 5.41) is 15.3. The largest absolute Gasteiger partial charge is 0.314 e. The van der Waals surface area contributed by atoms with Crippen LogP contribution in [0.15, 0.2) is 0 Å². The molecule has 0 bridgehead atoms. The molecule has 1 aliphatic rings. The van der Waals surface area contributed by atoms with E-state index in [1.807, 2.05) is 6.92 Å². The normalized spacial score (nSPS) is 18.2. The first-order valence-corrected chi connectivity index (χ1v) is 5.52. The quantitative estimate of drug-likeness (QED) is 0.710. The minimum absolute atomic E-state index is 0.747. The average Bonchev–Trinajstić information content (AvgIpc) is 2.66. The molecule has 2 heterocycles. The number of piperazine rings is 1. The summed E-state index contributed by atoms with van der Waals surface area (Å²) in [4.78, 5) is 4.15. The van der Waals surface area contributed by atoms with E-state index in [4.69, 9.17) is 0 Å². The highest BCUT2D eigenvalue weighted by atomic mass is 15.6. The summed E-state index contributed by atoms with van der Waals surface area (Å²) in [6.07, 6.45) is 1.09. The molecule has 0 unspecified atom stereocenters. The molecule has 0 atom stereocenters. The van der Waals surface area contributed by atoms with Crippen molar-refractivity contribution in [3.05, 3.63) is 5.82 Å². The fourth-order valence-electron chi connectivity index (χ4n) is 1.79. The second-order valence-corrected chi connectivity index (χ2v) is 3.88. The van der Waals surface area contributed by atoms with Gasteiger partial charge < -0.3 is 10.2 Å². The highest BCUT2D eigenvalue weighted by molar-refractivity contribution is 4.68. The first-order valence-electron chi connectivity index (χ1n) is 5.52. The van der Waals surface area contributed by atoms with Crippen LogP contribution in [-0.2, 0) is 6.54 Å². The van der Waals surface area contributed by atoms with E-state index in [0.29, 0.717) is 0 Å². The van der Waals surface area contributed by atoms with Gasteiger partial charge in [-0.05, 0) is 18.6 Å². The Labute approximate surface area is 89.6 Å². The van der Waals surface area contributed by atoms with Gasteiger partial charge in [0.05, 0.1) is 6.54 Å². The molecule has 1 aromatic rings. The maximum absolute atomic E-state index is 4.16. The average molecular weight is 210 g/mol. The zero-order valence-corrected chi connectivity index (χ0v) is 9.19. The van der Waals surface area contributed by atoms with Gasteiger partial charge in [0, 0.05) is 32.7 Å². The molecule has 0 aliphatic carbocycles. The van der Waals surface area contributed by atoms with Crippen molar-refractivity contribution in [2.75, 3.05) is 32.7 Å². The molecule has 1 fully saturated rings. The van der Waals surface area contributed by atoms with Crippen LogP contribution in [-0.4, -0.2) is 57.8 Å². The standard InChI is InChI=1S/C9H18N6/c1-9-11-13-15(12-9)6-2-5-14-7-3-10-4-8-14/h10H,2-8H2,1H3. The van der Waals surface area contributed by atoms with Crippen LogP contribution in [0.3, 0.4) is 0 Å². The van der Waals surface area contributed by atoms with Crippen molar-refractivity contribution < 1.29 is 0 Å². The Hall–Kier alpha value is -1.01. The number of aromatic nitrogens is 4. The summed E-state index contributed by atoms with van der Waals surface area (Å²) in [5.41, 5.74) is 0. The van der Waals surface area contributed by atoms with Crippen LogP contribution in [0.5, 0.6) is 0 Å². The lowest BCUT2D eigenvalue weighted by atomic mass is 10.3. The lowest BCUT2D eigenvalue weighted by Gasteiger charge is -2.26. The summed E-state index contributed by atoms with van der Waals surface area (Å²) >= 11 is 0. The number of rotatable bonds is 4. The van der Waals surface area contributed by atoms with Gasteiger partial charge in [-0.1, -0.05) is 0 Å². The van der Waals surface area contributed by atoms with E-state index in [1.165, 1.54) is 0 Å². The minimum atomic E-state index is 0.747. The fraction of sp³-hybridized carbons (Fsp3) is 0.889. The van der Waals surface area contributed by atoms with Gasteiger partial charge in [0.1, 0.15) is 0 Å². The molecule has 1 saturated heterocycles. The first kappa shape index (κ1) is 10.5. The van der Waals surface area contributed by atoms with Gasteiger partial charge >= 0.3 is 0 Å². The molecule has 0 amide bonds. The van der Waals surface area contributed by atoms with E-state index in [1.54, 1.807) is 4.80 Å². The summed E-state index contributed by atoms with van der Waals surface area (Å²) < 4.78 is 0. The van der Waals surface area contributed by atoms with Crippen LogP contribution in [0.25, 0.3) is 0 Å². The van der Waals surface area contributed by atoms with Crippen molar-refractivity contribution in [3.8, 4) is 0 Å². The van der Waals surface area contributed by atoms with Gasteiger partial charge in [0.25, 0.3) is 0 Å². The van der Waals surface area contributed by atoms with E-state index >= 15 is 0 Å². The van der Waals surface area contributed by atoms with Crippen molar-refractivity contribution >= 4 is 0 Å². The topological polar surface area (TPSA) is 58.9 Å². The Kier molecular flexibility index (Phi) is 3.63. The zero-order valence-electron chi connectivity index (χ0n) is 9.19. The molecule has 6 nitrogen and oxygen atoms in total. The molecule has 84 valence electrons. The van der Waals surface area contributed by atoms with Crippen molar-refractivity contribution in [1.29, 1.82) is 0 Å². The third-order valence-electron chi connectivity index (χ3n) is 2.59. The van der Waals surface area contributed by atoms with Crippen molar-refractivity contribution in [3.63, 3.8) is 0 Å². The number of nitrogens with one attached hydrogen (secondary N) is 1. The van der Waals surface area contributed by atoms with Crippen molar-refractivity contribution in [2.45, 2.75) is 19.9 Å². The number of hydrogen-bond donors (Lipinski definition) is 1. The molecular formula is C9H18N6. The molecule has 1 N–H and O–H groups in total. The third kappa shape index (κ3) is 3.24. The summed E-state index contributed by atoms with van der Waals surface area (Å²) in [7, 11) is 0. The second kappa shape index (κ2) is 5.18. The molecule has 1 aromatic heterocycles. The molecule has 2 rings (SSSR count). The minimum Gasteiger partial charge on any atom is -0.314 e. The smallest absolute Gasteiger partial charge is 0.171 e. The molecule has 0 radical (unpaired) electrons. The van der Waals surface area contributed by atoms with Crippen LogP contribution in [0.2, 0.25) is 0 Å². The molecule has 0 saturated carbocycles. The van der Waals surface area contributed by atoms with E-state index < -0.39 is 0 Å². The monoisotopic (exact) mass is 210 g/mol. The predicted octanol–water partition coefficient (Wildman–Crippen LogP) is -0.723. The molecule has 1 aliphatic heterocycles. The van der Waals surface area contributed by atoms with E-state index in [9.17, 15) is 0 Å². The fourth-order valence-corrected chi connectivity index (χ4v) is 1.79. The van der Waals surface area contributed by atoms with Gasteiger partial charge in [-0.3, -0.25) is 0 Å². The lowest BCUT2D eigenvalue weighted by Crippen LogP contribution is -2.43. The summed E-state index contributed by atoms with van der Waals surface area (Å²) in [6, 6.07) is 0. The van der Waals surface area contributed by atoms with Crippen molar-refractivity contribution in [1.82, 2.24) is 30.4 Å². The zero-order chi connectivity index (χ0) is 10.5. The summed E-state index contributed by atoms with van der Waals surface area (Å²) in [6.45, 7) is 8.39. The maximum atomic E-state index is 4.16. The number of nitrogens with zero attached hydrogens (tertiary/aromatic N) is 5. The van der Waals surface area contributed by atoms with Crippen molar-refractivity contribution in [2.24, 2.45) is 0 Å². The van der Waals surface area contributed by atoms with Gasteiger partial charge in [-0.25, -0.2) is 0 Å². The maximum Gasteiger partial charge on any atom is 0.171 e. The number of hydrogen-bond acceptors (Lipinski definition) is 5. The van der Waals surface area contributed by atoms with Gasteiger partial charge in [-0.2, -0.15) is 4.80 Å². The van der Waals surface area contributed by atoms with Gasteiger partial charge in [0.2, 0.25) is 0 Å².